The number of pyridine rings is 1. The minimum Gasteiger partial charge on any atom is -0.392 e. The third-order valence-electron chi connectivity index (χ3n) is 1.75. The summed E-state index contributed by atoms with van der Waals surface area (Å²) in [6, 6.07) is 5.66. The summed E-state index contributed by atoms with van der Waals surface area (Å²) in [6.07, 6.45) is 1.22. The molecule has 1 aromatic heterocycles. The van der Waals surface area contributed by atoms with Crippen LogP contribution in [0, 0.1) is 11.3 Å². The molecule has 1 heterocycles. The number of aromatic nitrogens is 1. The summed E-state index contributed by atoms with van der Waals surface area (Å²) in [4.78, 5) is 3.93. The van der Waals surface area contributed by atoms with Gasteiger partial charge in [0.05, 0.1) is 6.10 Å². The molecule has 0 radical (unpaired) electrons. The van der Waals surface area contributed by atoms with Crippen LogP contribution in [0.15, 0.2) is 18.3 Å². The zero-order valence-corrected chi connectivity index (χ0v) is 8.07. The molecule has 0 saturated heterocycles. The maximum Gasteiger partial charge on any atom is 0.144 e. The van der Waals surface area contributed by atoms with Crippen molar-refractivity contribution in [2.24, 2.45) is 0 Å². The smallest absolute Gasteiger partial charge is 0.144 e. The van der Waals surface area contributed by atoms with Crippen molar-refractivity contribution in [2.75, 3.05) is 6.54 Å². The van der Waals surface area contributed by atoms with Crippen LogP contribution in [0.3, 0.4) is 0 Å². The van der Waals surface area contributed by atoms with Gasteiger partial charge in [-0.3, -0.25) is 0 Å². The highest BCUT2D eigenvalue weighted by Crippen LogP contribution is 2.02. The van der Waals surface area contributed by atoms with E-state index < -0.39 is 0 Å². The third-order valence-corrected chi connectivity index (χ3v) is 1.75. The van der Waals surface area contributed by atoms with E-state index >= 15 is 0 Å². The van der Waals surface area contributed by atoms with Crippen LogP contribution in [0.2, 0.25) is 0 Å². The molecule has 0 bridgehead atoms. The molecule has 0 amide bonds. The Hall–Kier alpha value is -1.44. The van der Waals surface area contributed by atoms with Gasteiger partial charge in [0.15, 0.2) is 0 Å². The molecule has 74 valence electrons. The Bertz CT molecular complexity index is 330. The number of nitrogens with one attached hydrogen (secondary N) is 1. The van der Waals surface area contributed by atoms with Crippen LogP contribution in [0.25, 0.3) is 0 Å². The van der Waals surface area contributed by atoms with Gasteiger partial charge in [-0.1, -0.05) is 6.07 Å². The molecule has 1 unspecified atom stereocenters. The molecule has 2 N–H and O–H groups in total. The van der Waals surface area contributed by atoms with Gasteiger partial charge in [-0.15, -0.1) is 0 Å². The molecule has 0 aromatic carbocycles. The Morgan fingerprint density at radius 2 is 2.50 bits per heavy atom. The highest BCUT2D eigenvalue weighted by Gasteiger charge is 2.01. The first-order valence-corrected chi connectivity index (χ1v) is 4.47. The molecule has 0 spiro atoms. The maximum atomic E-state index is 9.01. The van der Waals surface area contributed by atoms with Crippen LogP contribution >= 0.6 is 0 Å². The lowest BCUT2D eigenvalue weighted by Crippen LogP contribution is -2.24. The van der Waals surface area contributed by atoms with Crippen molar-refractivity contribution in [3.05, 3.63) is 29.6 Å². The molecule has 4 nitrogen and oxygen atoms in total. The summed E-state index contributed by atoms with van der Waals surface area (Å²) in [5.74, 6) is 0. The predicted octanol–water partition coefficient (Wildman–Crippen LogP) is 0.424. The van der Waals surface area contributed by atoms with Crippen LogP contribution in [0.5, 0.6) is 0 Å². The van der Waals surface area contributed by atoms with E-state index in [2.05, 4.69) is 10.3 Å². The second-order valence-corrected chi connectivity index (χ2v) is 3.10. The second-order valence-electron chi connectivity index (χ2n) is 3.10. The largest absolute Gasteiger partial charge is 0.392 e. The number of rotatable bonds is 4. The molecule has 1 aromatic rings. The Morgan fingerprint density at radius 3 is 3.14 bits per heavy atom. The highest BCUT2D eigenvalue weighted by molar-refractivity contribution is 5.30. The Morgan fingerprint density at radius 1 is 1.71 bits per heavy atom. The molecule has 0 saturated carbocycles. The summed E-state index contributed by atoms with van der Waals surface area (Å²) >= 11 is 0. The molecular weight excluding hydrogens is 178 g/mol. The monoisotopic (exact) mass is 191 g/mol. The Balaban J connectivity index is 2.54. The minimum absolute atomic E-state index is 0.378. The lowest BCUT2D eigenvalue weighted by atomic mass is 10.2. The average molecular weight is 191 g/mol. The molecular formula is C10H13N3O. The third kappa shape index (κ3) is 3.13. The predicted molar refractivity (Wildman–Crippen MR) is 52.3 cm³/mol. The number of hydrogen-bond donors (Lipinski definition) is 2. The van der Waals surface area contributed by atoms with Crippen molar-refractivity contribution in [2.45, 2.75) is 19.6 Å². The van der Waals surface area contributed by atoms with Gasteiger partial charge in [0.2, 0.25) is 0 Å². The summed E-state index contributed by atoms with van der Waals surface area (Å²) in [7, 11) is 0. The van der Waals surface area contributed by atoms with Crippen molar-refractivity contribution in [1.82, 2.24) is 10.3 Å². The maximum absolute atomic E-state index is 9.01. The summed E-state index contributed by atoms with van der Waals surface area (Å²) < 4.78 is 0. The van der Waals surface area contributed by atoms with E-state index in [1.165, 1.54) is 0 Å². The van der Waals surface area contributed by atoms with Gasteiger partial charge < -0.3 is 10.4 Å². The average Bonchev–Trinajstić information content (AvgIpc) is 2.18. The molecule has 1 atom stereocenters. The standard InChI is InChI=1S/C10H13N3O/c1-8(14)6-12-7-9-3-2-4-13-10(9)5-11/h2-4,8,12,14H,6-7H2,1H3. The minimum atomic E-state index is -0.378. The van der Waals surface area contributed by atoms with Gasteiger partial charge in [0, 0.05) is 24.8 Å². The van der Waals surface area contributed by atoms with Gasteiger partial charge in [0.25, 0.3) is 0 Å². The molecule has 0 fully saturated rings. The van der Waals surface area contributed by atoms with Gasteiger partial charge in [-0.2, -0.15) is 5.26 Å². The lowest BCUT2D eigenvalue weighted by molar-refractivity contribution is 0.191. The topological polar surface area (TPSA) is 68.9 Å². The second kappa shape index (κ2) is 5.32. The van der Waals surface area contributed by atoms with E-state index in [0.717, 1.165) is 5.56 Å². The van der Waals surface area contributed by atoms with Crippen LogP contribution in [0.1, 0.15) is 18.2 Å². The molecule has 1 rings (SSSR count). The van der Waals surface area contributed by atoms with E-state index in [4.69, 9.17) is 10.4 Å². The molecule has 4 heteroatoms. The first-order valence-electron chi connectivity index (χ1n) is 4.47. The molecule has 14 heavy (non-hydrogen) atoms. The quantitative estimate of drug-likeness (QED) is 0.723. The number of aliphatic hydroxyl groups excluding tert-OH is 1. The van der Waals surface area contributed by atoms with Crippen molar-refractivity contribution >= 4 is 0 Å². The fourth-order valence-electron chi connectivity index (χ4n) is 1.10. The van der Waals surface area contributed by atoms with Crippen molar-refractivity contribution in [1.29, 1.82) is 5.26 Å². The van der Waals surface area contributed by atoms with Crippen LogP contribution < -0.4 is 5.32 Å². The first-order chi connectivity index (χ1) is 6.74. The molecule has 0 aliphatic rings. The van der Waals surface area contributed by atoms with Crippen molar-refractivity contribution < 1.29 is 5.11 Å². The fourth-order valence-corrected chi connectivity index (χ4v) is 1.10. The van der Waals surface area contributed by atoms with Gasteiger partial charge in [0.1, 0.15) is 11.8 Å². The number of aliphatic hydroxyl groups is 1. The van der Waals surface area contributed by atoms with E-state index in [9.17, 15) is 0 Å². The van der Waals surface area contributed by atoms with Gasteiger partial charge >= 0.3 is 0 Å². The van der Waals surface area contributed by atoms with E-state index in [1.807, 2.05) is 12.1 Å². The lowest BCUT2D eigenvalue weighted by Gasteiger charge is -2.07. The Labute approximate surface area is 83.2 Å². The normalized spacial score (nSPS) is 12.1. The Kier molecular flexibility index (Phi) is 4.05. The summed E-state index contributed by atoms with van der Waals surface area (Å²) in [5, 5.41) is 20.8. The van der Waals surface area contributed by atoms with Crippen LogP contribution in [-0.4, -0.2) is 22.7 Å². The van der Waals surface area contributed by atoms with Crippen LogP contribution in [0.4, 0.5) is 0 Å². The van der Waals surface area contributed by atoms with Crippen molar-refractivity contribution in [3.8, 4) is 6.07 Å². The number of nitrogens with zero attached hydrogens (tertiary/aromatic N) is 2. The highest BCUT2D eigenvalue weighted by atomic mass is 16.3. The summed E-state index contributed by atoms with van der Waals surface area (Å²) in [5.41, 5.74) is 1.29. The van der Waals surface area contributed by atoms with Crippen molar-refractivity contribution in [3.63, 3.8) is 0 Å². The van der Waals surface area contributed by atoms with E-state index in [1.54, 1.807) is 19.2 Å². The zero-order valence-electron chi connectivity index (χ0n) is 8.07. The first kappa shape index (κ1) is 10.6. The SMILES string of the molecule is CC(O)CNCc1cccnc1C#N. The molecule has 0 aliphatic heterocycles. The van der Waals surface area contributed by atoms with Gasteiger partial charge in [-0.25, -0.2) is 4.98 Å². The van der Waals surface area contributed by atoms with Crippen LogP contribution in [-0.2, 0) is 6.54 Å². The van der Waals surface area contributed by atoms with Gasteiger partial charge in [-0.05, 0) is 13.0 Å². The zero-order chi connectivity index (χ0) is 10.4. The molecule has 0 aliphatic carbocycles. The van der Waals surface area contributed by atoms with E-state index in [0.29, 0.717) is 18.8 Å². The van der Waals surface area contributed by atoms with E-state index in [-0.39, 0.29) is 6.10 Å². The number of hydrogen-bond acceptors (Lipinski definition) is 4. The fraction of sp³-hybridized carbons (Fsp3) is 0.400. The summed E-state index contributed by atoms with van der Waals surface area (Å²) in [6.45, 7) is 2.78. The number of nitriles is 1.